The molecule has 4 heterocycles. The van der Waals surface area contributed by atoms with Crippen molar-refractivity contribution in [3.8, 4) is 11.3 Å². The summed E-state index contributed by atoms with van der Waals surface area (Å²) in [6, 6.07) is 10.4. The summed E-state index contributed by atoms with van der Waals surface area (Å²) in [5.41, 5.74) is 5.20. The van der Waals surface area contributed by atoms with E-state index in [0.717, 1.165) is 27.8 Å². The van der Waals surface area contributed by atoms with Crippen LogP contribution in [0, 0.1) is 0 Å². The van der Waals surface area contributed by atoms with Gasteiger partial charge in [-0.3, -0.25) is 10.1 Å². The van der Waals surface area contributed by atoms with Crippen molar-refractivity contribution in [2.24, 2.45) is 0 Å². The molecule has 0 spiro atoms. The van der Waals surface area contributed by atoms with Gasteiger partial charge in [0.1, 0.15) is 0 Å². The fourth-order valence-corrected chi connectivity index (χ4v) is 3.14. The molecular weight excluding hydrogens is 326 g/mol. The van der Waals surface area contributed by atoms with E-state index in [1.807, 2.05) is 22.9 Å². The summed E-state index contributed by atoms with van der Waals surface area (Å²) < 4.78 is 2.05. The second-order valence-electron chi connectivity index (χ2n) is 6.17. The monoisotopic (exact) mass is 341 g/mol. The maximum Gasteiger partial charge on any atom is 0.197 e. The minimum Gasteiger partial charge on any atom is -0.307 e. The standard InChI is InChI=1S/C19H15N7/c1-12(13-4-5-16-14(7-13)3-2-6-20-16)26-11-22-18-19(26)25-17(10-21-18)15-8-23-24-9-15/h2-12H,1H3,(H,23,24). The van der Waals surface area contributed by atoms with Gasteiger partial charge in [0.2, 0.25) is 0 Å². The molecule has 5 rings (SSSR count). The number of hydrogen-bond acceptors (Lipinski definition) is 5. The van der Waals surface area contributed by atoms with E-state index in [9.17, 15) is 0 Å². The number of hydrogen-bond donors (Lipinski definition) is 1. The van der Waals surface area contributed by atoms with E-state index in [1.54, 1.807) is 24.9 Å². The molecule has 7 heteroatoms. The highest BCUT2D eigenvalue weighted by Gasteiger charge is 2.15. The third-order valence-electron chi connectivity index (χ3n) is 4.61. The lowest BCUT2D eigenvalue weighted by Gasteiger charge is -2.15. The zero-order valence-corrected chi connectivity index (χ0v) is 14.0. The summed E-state index contributed by atoms with van der Waals surface area (Å²) >= 11 is 0. The van der Waals surface area contributed by atoms with Crippen LogP contribution in [0.1, 0.15) is 18.5 Å². The molecule has 1 aromatic carbocycles. The highest BCUT2D eigenvalue weighted by atomic mass is 15.2. The van der Waals surface area contributed by atoms with E-state index in [1.165, 1.54) is 5.56 Å². The van der Waals surface area contributed by atoms with Crippen molar-refractivity contribution in [3.05, 3.63) is 67.0 Å². The number of imidazole rings is 1. The van der Waals surface area contributed by atoms with E-state index in [2.05, 4.69) is 50.3 Å². The lowest BCUT2D eigenvalue weighted by atomic mass is 10.1. The lowest BCUT2D eigenvalue weighted by molar-refractivity contribution is 0.653. The van der Waals surface area contributed by atoms with E-state index in [4.69, 9.17) is 4.98 Å². The second kappa shape index (κ2) is 5.73. The topological polar surface area (TPSA) is 85.2 Å². The van der Waals surface area contributed by atoms with Crippen LogP contribution in [0.5, 0.6) is 0 Å². The maximum atomic E-state index is 4.75. The molecular formula is C19H15N7. The molecule has 0 fully saturated rings. The molecule has 0 aliphatic heterocycles. The van der Waals surface area contributed by atoms with Gasteiger partial charge in [-0.1, -0.05) is 12.1 Å². The van der Waals surface area contributed by atoms with Gasteiger partial charge < -0.3 is 4.57 Å². The average molecular weight is 341 g/mol. The Hall–Kier alpha value is -3.61. The first kappa shape index (κ1) is 14.7. The van der Waals surface area contributed by atoms with Gasteiger partial charge in [0.05, 0.1) is 36.0 Å². The van der Waals surface area contributed by atoms with Gasteiger partial charge >= 0.3 is 0 Å². The van der Waals surface area contributed by atoms with Crippen LogP contribution in [0.3, 0.4) is 0 Å². The van der Waals surface area contributed by atoms with Crippen molar-refractivity contribution in [2.75, 3.05) is 0 Å². The molecule has 1 N–H and O–H groups in total. The summed E-state index contributed by atoms with van der Waals surface area (Å²) in [6.07, 6.45) is 8.85. The number of H-pyrrole nitrogens is 1. The highest BCUT2D eigenvalue weighted by Crippen LogP contribution is 2.25. The second-order valence-corrected chi connectivity index (χ2v) is 6.17. The molecule has 1 unspecified atom stereocenters. The molecule has 7 nitrogen and oxygen atoms in total. The Morgan fingerprint density at radius 3 is 2.92 bits per heavy atom. The van der Waals surface area contributed by atoms with Crippen LogP contribution in [-0.2, 0) is 0 Å². The molecule has 126 valence electrons. The average Bonchev–Trinajstić information content (AvgIpc) is 3.36. The number of rotatable bonds is 3. The van der Waals surface area contributed by atoms with Crippen molar-refractivity contribution < 1.29 is 0 Å². The Labute approximate surface area is 148 Å². The van der Waals surface area contributed by atoms with E-state index in [-0.39, 0.29) is 6.04 Å². The van der Waals surface area contributed by atoms with Gasteiger partial charge in [0.25, 0.3) is 0 Å². The molecule has 5 aromatic rings. The van der Waals surface area contributed by atoms with Crippen LogP contribution in [-0.4, -0.2) is 34.7 Å². The molecule has 0 radical (unpaired) electrons. The predicted molar refractivity (Wildman–Crippen MR) is 98.5 cm³/mol. The SMILES string of the molecule is CC(c1ccc2ncccc2c1)n1cnc2ncc(-c3cn[nH]c3)nc21. The van der Waals surface area contributed by atoms with Crippen LogP contribution in [0.2, 0.25) is 0 Å². The normalized spacial score (nSPS) is 12.7. The van der Waals surface area contributed by atoms with Crippen LogP contribution in [0.4, 0.5) is 0 Å². The van der Waals surface area contributed by atoms with Crippen LogP contribution >= 0.6 is 0 Å². The molecule has 0 saturated carbocycles. The smallest absolute Gasteiger partial charge is 0.197 e. The summed E-state index contributed by atoms with van der Waals surface area (Å²) in [5, 5.41) is 7.90. The van der Waals surface area contributed by atoms with Crippen molar-refractivity contribution in [3.63, 3.8) is 0 Å². The number of aromatic nitrogens is 7. The third-order valence-corrected chi connectivity index (χ3v) is 4.61. The quantitative estimate of drug-likeness (QED) is 0.544. The van der Waals surface area contributed by atoms with Gasteiger partial charge in [0, 0.05) is 23.3 Å². The van der Waals surface area contributed by atoms with Crippen LogP contribution < -0.4 is 0 Å². The Kier molecular flexibility index (Phi) is 3.24. The molecule has 0 amide bonds. The Morgan fingerprint density at radius 2 is 2.04 bits per heavy atom. The zero-order chi connectivity index (χ0) is 17.5. The molecule has 0 saturated heterocycles. The fraction of sp³-hybridized carbons (Fsp3) is 0.105. The van der Waals surface area contributed by atoms with Crippen molar-refractivity contribution in [2.45, 2.75) is 13.0 Å². The summed E-state index contributed by atoms with van der Waals surface area (Å²) in [5.74, 6) is 0. The summed E-state index contributed by atoms with van der Waals surface area (Å²) in [7, 11) is 0. The van der Waals surface area contributed by atoms with Crippen LogP contribution in [0.15, 0.2) is 61.4 Å². The fourth-order valence-electron chi connectivity index (χ4n) is 3.14. The van der Waals surface area contributed by atoms with E-state index >= 15 is 0 Å². The summed E-state index contributed by atoms with van der Waals surface area (Å²) in [6.45, 7) is 2.13. The van der Waals surface area contributed by atoms with Gasteiger partial charge in [-0.05, 0) is 30.7 Å². The van der Waals surface area contributed by atoms with Gasteiger partial charge in [-0.15, -0.1) is 0 Å². The lowest BCUT2D eigenvalue weighted by Crippen LogP contribution is -2.06. The van der Waals surface area contributed by atoms with E-state index in [0.29, 0.717) is 5.65 Å². The zero-order valence-electron chi connectivity index (χ0n) is 14.0. The first-order chi connectivity index (χ1) is 12.8. The Bertz CT molecular complexity index is 1210. The molecule has 26 heavy (non-hydrogen) atoms. The number of pyridine rings is 1. The van der Waals surface area contributed by atoms with Crippen LogP contribution in [0.25, 0.3) is 33.5 Å². The van der Waals surface area contributed by atoms with Gasteiger partial charge in [-0.25, -0.2) is 15.0 Å². The number of nitrogens with one attached hydrogen (secondary N) is 1. The van der Waals surface area contributed by atoms with Gasteiger partial charge in [-0.2, -0.15) is 5.10 Å². The molecule has 0 aliphatic rings. The molecule has 0 bridgehead atoms. The number of aromatic amines is 1. The molecule has 0 aliphatic carbocycles. The first-order valence-corrected chi connectivity index (χ1v) is 8.33. The molecule has 1 atom stereocenters. The Morgan fingerprint density at radius 1 is 1.08 bits per heavy atom. The third kappa shape index (κ3) is 2.33. The van der Waals surface area contributed by atoms with Crippen molar-refractivity contribution >= 4 is 22.2 Å². The minimum absolute atomic E-state index is 0.0681. The number of benzene rings is 1. The van der Waals surface area contributed by atoms with Crippen molar-refractivity contribution in [1.82, 2.24) is 34.7 Å². The largest absolute Gasteiger partial charge is 0.307 e. The number of fused-ring (bicyclic) bond motifs is 2. The summed E-state index contributed by atoms with van der Waals surface area (Å²) in [4.78, 5) is 18.0. The van der Waals surface area contributed by atoms with E-state index < -0.39 is 0 Å². The molecule has 4 aromatic heterocycles. The Balaban J connectivity index is 1.61. The predicted octanol–water partition coefficient (Wildman–Crippen LogP) is 3.37. The van der Waals surface area contributed by atoms with Crippen molar-refractivity contribution in [1.29, 1.82) is 0 Å². The van der Waals surface area contributed by atoms with Gasteiger partial charge in [0.15, 0.2) is 11.3 Å². The number of nitrogens with zero attached hydrogens (tertiary/aromatic N) is 6. The highest BCUT2D eigenvalue weighted by molar-refractivity contribution is 5.79. The minimum atomic E-state index is 0.0681. The first-order valence-electron chi connectivity index (χ1n) is 8.33. The maximum absolute atomic E-state index is 4.75.